The van der Waals surface area contributed by atoms with E-state index in [1.165, 1.54) is 32.4 Å². The number of hydrogen-bond donors (Lipinski definition) is 2. The van der Waals surface area contributed by atoms with Crippen molar-refractivity contribution in [2.75, 3.05) is 26.7 Å². The summed E-state index contributed by atoms with van der Waals surface area (Å²) in [5.74, 6) is 0. The van der Waals surface area contributed by atoms with Crippen LogP contribution in [-0.4, -0.2) is 42.3 Å². The maximum Gasteiger partial charge on any atom is 0.0605 e. The second kappa shape index (κ2) is 6.35. The Morgan fingerprint density at radius 3 is 1.77 bits per heavy atom. The number of nitrogens with two attached hydrogens (primary N) is 1. The fourth-order valence-electron chi connectivity index (χ4n) is 1.05. The standard InChI is InChI=1S/C6H13N.C4H11NO/c1-7-5-3-2-4-6-7;1-4(2,5)3-6/h2-6H2,1H3;6H,3,5H2,1-2H3. The molecule has 1 aliphatic rings. The lowest BCUT2D eigenvalue weighted by Gasteiger charge is -2.20. The molecular formula is C10H24N2O. The van der Waals surface area contributed by atoms with Crippen LogP contribution in [0.3, 0.4) is 0 Å². The fourth-order valence-corrected chi connectivity index (χ4v) is 1.05. The molecule has 0 aromatic heterocycles. The zero-order valence-electron chi connectivity index (χ0n) is 9.21. The molecule has 0 aromatic rings. The van der Waals surface area contributed by atoms with Gasteiger partial charge in [-0.3, -0.25) is 0 Å². The van der Waals surface area contributed by atoms with Gasteiger partial charge in [-0.05, 0) is 46.8 Å². The first-order valence-corrected chi connectivity index (χ1v) is 5.04. The molecular weight excluding hydrogens is 164 g/mol. The van der Waals surface area contributed by atoms with Crippen LogP contribution in [0.25, 0.3) is 0 Å². The molecule has 3 heteroatoms. The van der Waals surface area contributed by atoms with Crippen LogP contribution in [0, 0.1) is 0 Å². The molecule has 0 spiro atoms. The number of aliphatic hydroxyl groups is 1. The molecule has 1 rings (SSSR count). The lowest BCUT2D eigenvalue weighted by molar-refractivity contribution is 0.221. The van der Waals surface area contributed by atoms with Gasteiger partial charge in [-0.1, -0.05) is 6.42 Å². The minimum Gasteiger partial charge on any atom is -0.394 e. The lowest BCUT2D eigenvalue weighted by atomic mass is 10.1. The summed E-state index contributed by atoms with van der Waals surface area (Å²) in [6.07, 6.45) is 4.28. The average Bonchev–Trinajstić information content (AvgIpc) is 2.06. The maximum atomic E-state index is 8.28. The van der Waals surface area contributed by atoms with Gasteiger partial charge >= 0.3 is 0 Å². The second-order valence-electron chi connectivity index (χ2n) is 4.51. The molecule has 1 fully saturated rings. The Labute approximate surface area is 81.9 Å². The second-order valence-corrected chi connectivity index (χ2v) is 4.51. The predicted molar refractivity (Wildman–Crippen MR) is 56.7 cm³/mol. The van der Waals surface area contributed by atoms with Crippen LogP contribution in [0.5, 0.6) is 0 Å². The number of likely N-dealkylation sites (tertiary alicyclic amines) is 1. The van der Waals surface area contributed by atoms with Gasteiger partial charge in [-0.2, -0.15) is 0 Å². The summed E-state index contributed by atoms with van der Waals surface area (Å²) < 4.78 is 0. The molecule has 0 bridgehead atoms. The third-order valence-electron chi connectivity index (χ3n) is 1.99. The molecule has 0 saturated carbocycles. The number of piperidine rings is 1. The third kappa shape index (κ3) is 9.80. The smallest absolute Gasteiger partial charge is 0.0605 e. The summed E-state index contributed by atoms with van der Waals surface area (Å²) in [4.78, 5) is 2.39. The molecule has 0 aromatic carbocycles. The van der Waals surface area contributed by atoms with Gasteiger partial charge in [0.05, 0.1) is 6.61 Å². The molecule has 0 atom stereocenters. The highest BCUT2D eigenvalue weighted by atomic mass is 16.3. The molecule has 3 N–H and O–H groups in total. The summed E-state index contributed by atoms with van der Waals surface area (Å²) in [5.41, 5.74) is 4.88. The number of hydrogen-bond acceptors (Lipinski definition) is 3. The summed E-state index contributed by atoms with van der Waals surface area (Å²) >= 11 is 0. The van der Waals surface area contributed by atoms with Crippen molar-refractivity contribution in [3.63, 3.8) is 0 Å². The monoisotopic (exact) mass is 188 g/mol. The molecule has 0 aliphatic carbocycles. The Kier molecular flexibility index (Phi) is 6.29. The van der Waals surface area contributed by atoms with E-state index in [4.69, 9.17) is 10.8 Å². The Hall–Kier alpha value is -0.120. The topological polar surface area (TPSA) is 49.5 Å². The van der Waals surface area contributed by atoms with Crippen molar-refractivity contribution >= 4 is 0 Å². The summed E-state index contributed by atoms with van der Waals surface area (Å²) in [7, 11) is 2.19. The van der Waals surface area contributed by atoms with E-state index in [0.29, 0.717) is 0 Å². The molecule has 0 unspecified atom stereocenters. The van der Waals surface area contributed by atoms with Gasteiger partial charge in [0.1, 0.15) is 0 Å². The number of rotatable bonds is 1. The first-order valence-electron chi connectivity index (χ1n) is 5.04. The van der Waals surface area contributed by atoms with E-state index < -0.39 is 5.54 Å². The summed E-state index contributed by atoms with van der Waals surface area (Å²) in [6.45, 7) is 6.23. The van der Waals surface area contributed by atoms with E-state index in [-0.39, 0.29) is 6.61 Å². The Balaban J connectivity index is 0.000000226. The SMILES string of the molecule is CC(C)(N)CO.CN1CCCCC1. The Morgan fingerprint density at radius 1 is 1.23 bits per heavy atom. The van der Waals surface area contributed by atoms with Crippen LogP contribution in [0.1, 0.15) is 33.1 Å². The Morgan fingerprint density at radius 2 is 1.62 bits per heavy atom. The molecule has 13 heavy (non-hydrogen) atoms. The van der Waals surface area contributed by atoms with Crippen LogP contribution in [-0.2, 0) is 0 Å². The van der Waals surface area contributed by atoms with E-state index in [2.05, 4.69) is 11.9 Å². The van der Waals surface area contributed by atoms with E-state index in [9.17, 15) is 0 Å². The molecule has 0 radical (unpaired) electrons. The van der Waals surface area contributed by atoms with Crippen molar-refractivity contribution in [3.05, 3.63) is 0 Å². The number of aliphatic hydroxyl groups excluding tert-OH is 1. The molecule has 3 nitrogen and oxygen atoms in total. The van der Waals surface area contributed by atoms with E-state index in [1.807, 2.05) is 0 Å². The van der Waals surface area contributed by atoms with Crippen LogP contribution in [0.2, 0.25) is 0 Å². The minimum atomic E-state index is -0.403. The van der Waals surface area contributed by atoms with E-state index >= 15 is 0 Å². The normalized spacial score (nSPS) is 19.2. The summed E-state index contributed by atoms with van der Waals surface area (Å²) in [6, 6.07) is 0. The van der Waals surface area contributed by atoms with Gasteiger partial charge in [-0.25, -0.2) is 0 Å². The Bertz CT molecular complexity index is 115. The third-order valence-corrected chi connectivity index (χ3v) is 1.99. The van der Waals surface area contributed by atoms with Crippen LogP contribution >= 0.6 is 0 Å². The predicted octanol–water partition coefficient (Wildman–Crippen LogP) is 0.818. The average molecular weight is 188 g/mol. The largest absolute Gasteiger partial charge is 0.394 e. The highest BCUT2D eigenvalue weighted by molar-refractivity contribution is 4.67. The zero-order valence-corrected chi connectivity index (χ0v) is 9.21. The minimum absolute atomic E-state index is 0.0486. The van der Waals surface area contributed by atoms with E-state index in [1.54, 1.807) is 13.8 Å². The lowest BCUT2D eigenvalue weighted by Crippen LogP contribution is -2.35. The van der Waals surface area contributed by atoms with Crippen LogP contribution in [0.4, 0.5) is 0 Å². The number of nitrogens with zero attached hydrogens (tertiary/aromatic N) is 1. The van der Waals surface area contributed by atoms with Gasteiger partial charge in [0.25, 0.3) is 0 Å². The summed E-state index contributed by atoms with van der Waals surface area (Å²) in [5, 5.41) is 8.28. The van der Waals surface area contributed by atoms with Gasteiger partial charge in [-0.15, -0.1) is 0 Å². The van der Waals surface area contributed by atoms with Gasteiger partial charge < -0.3 is 15.7 Å². The van der Waals surface area contributed by atoms with Gasteiger partial charge in [0.2, 0.25) is 0 Å². The highest BCUT2D eigenvalue weighted by Gasteiger charge is 2.05. The molecule has 80 valence electrons. The fraction of sp³-hybridized carbons (Fsp3) is 1.00. The maximum absolute atomic E-state index is 8.28. The van der Waals surface area contributed by atoms with Crippen molar-refractivity contribution in [2.45, 2.75) is 38.6 Å². The van der Waals surface area contributed by atoms with Crippen molar-refractivity contribution in [2.24, 2.45) is 5.73 Å². The van der Waals surface area contributed by atoms with E-state index in [0.717, 1.165) is 0 Å². The van der Waals surface area contributed by atoms with Crippen LogP contribution < -0.4 is 5.73 Å². The molecule has 1 saturated heterocycles. The molecule has 1 aliphatic heterocycles. The van der Waals surface area contributed by atoms with Crippen molar-refractivity contribution in [3.8, 4) is 0 Å². The highest BCUT2D eigenvalue weighted by Crippen LogP contribution is 2.04. The van der Waals surface area contributed by atoms with Crippen molar-refractivity contribution in [1.82, 2.24) is 4.90 Å². The molecule has 0 amide bonds. The first kappa shape index (κ1) is 12.9. The van der Waals surface area contributed by atoms with Crippen molar-refractivity contribution in [1.29, 1.82) is 0 Å². The van der Waals surface area contributed by atoms with Crippen LogP contribution in [0.15, 0.2) is 0 Å². The van der Waals surface area contributed by atoms with Gasteiger partial charge in [0, 0.05) is 5.54 Å². The van der Waals surface area contributed by atoms with Crippen molar-refractivity contribution < 1.29 is 5.11 Å². The zero-order chi connectivity index (χ0) is 10.3. The quantitative estimate of drug-likeness (QED) is 0.640. The first-order chi connectivity index (χ1) is 5.95. The van der Waals surface area contributed by atoms with Gasteiger partial charge in [0.15, 0.2) is 0 Å². The molecule has 1 heterocycles.